The minimum Gasteiger partial charge on any atom is -0.490 e. The maximum Gasteiger partial charge on any atom is 0.167 e. The zero-order valence-electron chi connectivity index (χ0n) is 10.5. The van der Waals surface area contributed by atoms with E-state index in [1.807, 2.05) is 24.3 Å². The van der Waals surface area contributed by atoms with E-state index in [2.05, 4.69) is 0 Å². The van der Waals surface area contributed by atoms with Crippen LogP contribution < -0.4 is 10.5 Å². The second kappa shape index (κ2) is 4.73. The number of Topliss-reactive ketones (excluding diaryl/α,β-unsaturated/α-hetero) is 1. The average molecular weight is 245 g/mol. The lowest BCUT2D eigenvalue weighted by molar-refractivity contribution is 0.0913. The van der Waals surface area contributed by atoms with E-state index in [-0.39, 0.29) is 17.7 Å². The standard InChI is InChI=1S/C15H19NO2/c16-14-6-2-5-13(14)15(17)10-3-1-4-12(9-10)18-11-7-8-11/h1,3-4,9,11,13-14H,2,5-8,16H2. The first-order valence-corrected chi connectivity index (χ1v) is 6.80. The van der Waals surface area contributed by atoms with Gasteiger partial charge in [0.2, 0.25) is 0 Å². The fourth-order valence-electron chi connectivity index (χ4n) is 2.63. The Morgan fingerprint density at radius 3 is 2.72 bits per heavy atom. The second-order valence-corrected chi connectivity index (χ2v) is 5.41. The molecule has 3 rings (SSSR count). The van der Waals surface area contributed by atoms with E-state index in [0.29, 0.717) is 6.10 Å². The van der Waals surface area contributed by atoms with E-state index in [1.54, 1.807) is 0 Å². The zero-order chi connectivity index (χ0) is 12.5. The number of rotatable bonds is 4. The van der Waals surface area contributed by atoms with Crippen LogP contribution in [0.4, 0.5) is 0 Å². The third-order valence-corrected chi connectivity index (χ3v) is 3.85. The molecule has 0 bridgehead atoms. The topological polar surface area (TPSA) is 52.3 Å². The summed E-state index contributed by atoms with van der Waals surface area (Å²) in [6, 6.07) is 7.58. The van der Waals surface area contributed by atoms with Crippen molar-refractivity contribution in [3.05, 3.63) is 29.8 Å². The average Bonchev–Trinajstić information content (AvgIpc) is 3.08. The molecule has 96 valence electrons. The number of nitrogens with two attached hydrogens (primary N) is 1. The fraction of sp³-hybridized carbons (Fsp3) is 0.533. The Bertz CT molecular complexity index is 454. The third kappa shape index (κ3) is 2.41. The first kappa shape index (κ1) is 11.7. The molecular formula is C15H19NO2. The minimum absolute atomic E-state index is 0.00109. The molecule has 2 aliphatic rings. The molecule has 3 heteroatoms. The van der Waals surface area contributed by atoms with Crippen LogP contribution in [0.25, 0.3) is 0 Å². The van der Waals surface area contributed by atoms with Crippen LogP contribution in [-0.2, 0) is 0 Å². The highest BCUT2D eigenvalue weighted by Gasteiger charge is 2.31. The van der Waals surface area contributed by atoms with Crippen molar-refractivity contribution in [1.82, 2.24) is 0 Å². The molecule has 2 saturated carbocycles. The second-order valence-electron chi connectivity index (χ2n) is 5.41. The Morgan fingerprint density at radius 1 is 1.22 bits per heavy atom. The maximum atomic E-state index is 12.4. The van der Waals surface area contributed by atoms with Crippen molar-refractivity contribution in [2.75, 3.05) is 0 Å². The molecule has 2 atom stereocenters. The first-order valence-electron chi connectivity index (χ1n) is 6.80. The molecule has 0 saturated heterocycles. The third-order valence-electron chi connectivity index (χ3n) is 3.85. The number of hydrogen-bond donors (Lipinski definition) is 1. The summed E-state index contributed by atoms with van der Waals surface area (Å²) in [6.07, 6.45) is 5.58. The summed E-state index contributed by atoms with van der Waals surface area (Å²) in [4.78, 5) is 12.4. The van der Waals surface area contributed by atoms with Gasteiger partial charge >= 0.3 is 0 Å². The van der Waals surface area contributed by atoms with Gasteiger partial charge in [0.25, 0.3) is 0 Å². The Hall–Kier alpha value is -1.35. The summed E-state index contributed by atoms with van der Waals surface area (Å²) in [7, 11) is 0. The molecule has 0 aromatic heterocycles. The molecule has 0 radical (unpaired) electrons. The summed E-state index contributed by atoms with van der Waals surface area (Å²) in [5, 5.41) is 0. The van der Waals surface area contributed by atoms with E-state index >= 15 is 0 Å². The zero-order valence-corrected chi connectivity index (χ0v) is 10.5. The number of hydrogen-bond acceptors (Lipinski definition) is 3. The van der Waals surface area contributed by atoms with Crippen molar-refractivity contribution in [3.63, 3.8) is 0 Å². The predicted octanol–water partition coefficient (Wildman–Crippen LogP) is 2.54. The van der Waals surface area contributed by atoms with E-state index < -0.39 is 0 Å². The quantitative estimate of drug-likeness (QED) is 0.829. The van der Waals surface area contributed by atoms with Crippen LogP contribution >= 0.6 is 0 Å². The Labute approximate surface area is 107 Å². The monoisotopic (exact) mass is 245 g/mol. The molecule has 3 nitrogen and oxygen atoms in total. The van der Waals surface area contributed by atoms with Gasteiger partial charge < -0.3 is 10.5 Å². The molecule has 2 N–H and O–H groups in total. The van der Waals surface area contributed by atoms with Gasteiger partial charge in [-0.1, -0.05) is 18.6 Å². The lowest BCUT2D eigenvalue weighted by atomic mass is 9.93. The molecule has 2 aliphatic carbocycles. The van der Waals surface area contributed by atoms with Gasteiger partial charge in [-0.15, -0.1) is 0 Å². The minimum atomic E-state index is 0.00109. The number of ether oxygens (including phenoxy) is 1. The van der Waals surface area contributed by atoms with Crippen LogP contribution in [-0.4, -0.2) is 17.9 Å². The molecule has 0 aliphatic heterocycles. The number of carbonyl (C=O) groups excluding carboxylic acids is 1. The lowest BCUT2D eigenvalue weighted by Gasteiger charge is -2.14. The fourth-order valence-corrected chi connectivity index (χ4v) is 2.63. The molecule has 0 amide bonds. The van der Waals surface area contributed by atoms with Crippen LogP contribution in [0, 0.1) is 5.92 Å². The molecule has 2 unspecified atom stereocenters. The van der Waals surface area contributed by atoms with Gasteiger partial charge in [-0.25, -0.2) is 0 Å². The van der Waals surface area contributed by atoms with Gasteiger partial charge in [-0.2, -0.15) is 0 Å². The highest BCUT2D eigenvalue weighted by molar-refractivity contribution is 5.98. The van der Waals surface area contributed by atoms with Crippen LogP contribution in [0.1, 0.15) is 42.5 Å². The molecule has 1 aromatic rings. The van der Waals surface area contributed by atoms with Gasteiger partial charge in [0.1, 0.15) is 5.75 Å². The Balaban J connectivity index is 1.75. The molecule has 2 fully saturated rings. The number of ketones is 1. The Morgan fingerprint density at radius 2 is 2.06 bits per heavy atom. The number of carbonyl (C=O) groups is 1. The lowest BCUT2D eigenvalue weighted by Crippen LogP contribution is -2.30. The van der Waals surface area contributed by atoms with Crippen molar-refractivity contribution in [1.29, 1.82) is 0 Å². The van der Waals surface area contributed by atoms with Crippen molar-refractivity contribution in [3.8, 4) is 5.75 Å². The van der Waals surface area contributed by atoms with Crippen molar-refractivity contribution in [2.45, 2.75) is 44.2 Å². The van der Waals surface area contributed by atoms with Gasteiger partial charge in [0.05, 0.1) is 6.10 Å². The molecule has 18 heavy (non-hydrogen) atoms. The van der Waals surface area contributed by atoms with Crippen molar-refractivity contribution < 1.29 is 9.53 Å². The highest BCUT2D eigenvalue weighted by Crippen LogP contribution is 2.30. The van der Waals surface area contributed by atoms with Crippen LogP contribution in [0.5, 0.6) is 5.75 Å². The summed E-state index contributed by atoms with van der Waals surface area (Å²) in [5.74, 6) is 0.998. The molecule has 0 spiro atoms. The van der Waals surface area contributed by atoms with E-state index in [1.165, 1.54) is 0 Å². The largest absolute Gasteiger partial charge is 0.490 e. The maximum absolute atomic E-state index is 12.4. The Kier molecular flexibility index (Phi) is 3.08. The molecule has 1 aromatic carbocycles. The summed E-state index contributed by atoms with van der Waals surface area (Å²) in [6.45, 7) is 0. The predicted molar refractivity (Wildman–Crippen MR) is 69.7 cm³/mol. The van der Waals surface area contributed by atoms with E-state index in [0.717, 1.165) is 43.4 Å². The summed E-state index contributed by atoms with van der Waals surface area (Å²) in [5.41, 5.74) is 6.74. The first-order chi connectivity index (χ1) is 8.74. The SMILES string of the molecule is NC1CCCC1C(=O)c1cccc(OC2CC2)c1. The van der Waals surface area contributed by atoms with Gasteiger partial charge in [0, 0.05) is 17.5 Å². The van der Waals surface area contributed by atoms with Gasteiger partial charge in [0.15, 0.2) is 5.78 Å². The van der Waals surface area contributed by atoms with Crippen molar-refractivity contribution >= 4 is 5.78 Å². The van der Waals surface area contributed by atoms with Gasteiger partial charge in [-0.3, -0.25) is 4.79 Å². The van der Waals surface area contributed by atoms with E-state index in [9.17, 15) is 4.79 Å². The highest BCUT2D eigenvalue weighted by atomic mass is 16.5. The normalized spacial score (nSPS) is 27.2. The van der Waals surface area contributed by atoms with E-state index in [4.69, 9.17) is 10.5 Å². The van der Waals surface area contributed by atoms with Crippen molar-refractivity contribution in [2.24, 2.45) is 11.7 Å². The smallest absolute Gasteiger partial charge is 0.167 e. The number of benzene rings is 1. The summed E-state index contributed by atoms with van der Waals surface area (Å²) < 4.78 is 5.72. The van der Waals surface area contributed by atoms with Crippen LogP contribution in [0.3, 0.4) is 0 Å². The van der Waals surface area contributed by atoms with Gasteiger partial charge in [-0.05, 0) is 37.8 Å². The summed E-state index contributed by atoms with van der Waals surface area (Å²) >= 11 is 0. The van der Waals surface area contributed by atoms with Crippen LogP contribution in [0.15, 0.2) is 24.3 Å². The van der Waals surface area contributed by atoms with Crippen LogP contribution in [0.2, 0.25) is 0 Å². The molecule has 0 heterocycles. The molecular weight excluding hydrogens is 226 g/mol.